The number of piperazine rings is 1. The molecule has 5 nitrogen and oxygen atoms in total. The Kier molecular flexibility index (Phi) is 4.26. The minimum atomic E-state index is -0.191. The monoisotopic (exact) mass is 297 g/mol. The fourth-order valence-electron chi connectivity index (χ4n) is 2.57. The molecule has 0 amide bonds. The van der Waals surface area contributed by atoms with Crippen molar-refractivity contribution in [1.82, 2.24) is 14.9 Å². The van der Waals surface area contributed by atoms with Crippen molar-refractivity contribution < 1.29 is 4.39 Å². The van der Waals surface area contributed by atoms with Crippen molar-refractivity contribution in [2.75, 3.05) is 31.1 Å². The van der Waals surface area contributed by atoms with Crippen LogP contribution in [0.3, 0.4) is 0 Å². The van der Waals surface area contributed by atoms with Crippen molar-refractivity contribution in [1.29, 1.82) is 5.26 Å². The minimum Gasteiger partial charge on any atom is -0.353 e. The van der Waals surface area contributed by atoms with E-state index in [0.717, 1.165) is 44.1 Å². The van der Waals surface area contributed by atoms with Crippen molar-refractivity contribution in [2.45, 2.75) is 6.54 Å². The molecule has 112 valence electrons. The molecule has 0 unspecified atom stereocenters. The lowest BCUT2D eigenvalue weighted by atomic mass is 10.2. The molecule has 1 aliphatic rings. The molecule has 1 aromatic heterocycles. The van der Waals surface area contributed by atoms with Crippen LogP contribution in [0.4, 0.5) is 10.2 Å². The molecule has 0 aliphatic carbocycles. The number of nitrogens with zero attached hydrogens (tertiary/aromatic N) is 5. The van der Waals surface area contributed by atoms with Gasteiger partial charge in [-0.2, -0.15) is 5.26 Å². The molecule has 22 heavy (non-hydrogen) atoms. The van der Waals surface area contributed by atoms with E-state index >= 15 is 0 Å². The maximum Gasteiger partial charge on any atom is 0.158 e. The molecule has 6 heteroatoms. The summed E-state index contributed by atoms with van der Waals surface area (Å²) in [7, 11) is 0. The average molecular weight is 297 g/mol. The van der Waals surface area contributed by atoms with Crippen LogP contribution in [0.2, 0.25) is 0 Å². The smallest absolute Gasteiger partial charge is 0.158 e. The molecule has 2 aromatic rings. The van der Waals surface area contributed by atoms with Gasteiger partial charge in [0.15, 0.2) is 5.69 Å². The number of hydrogen-bond donors (Lipinski definition) is 0. The molecule has 0 radical (unpaired) electrons. The fraction of sp³-hybridized carbons (Fsp3) is 0.312. The summed E-state index contributed by atoms with van der Waals surface area (Å²) in [6, 6.07) is 8.70. The molecule has 1 fully saturated rings. The van der Waals surface area contributed by atoms with Crippen LogP contribution in [0.5, 0.6) is 0 Å². The van der Waals surface area contributed by atoms with Gasteiger partial charge in [-0.25, -0.2) is 14.4 Å². The van der Waals surface area contributed by atoms with E-state index < -0.39 is 0 Å². The van der Waals surface area contributed by atoms with Crippen molar-refractivity contribution >= 4 is 5.82 Å². The third-order valence-electron chi connectivity index (χ3n) is 3.74. The minimum absolute atomic E-state index is 0.191. The molecule has 0 bridgehead atoms. The maximum absolute atomic E-state index is 13.2. The van der Waals surface area contributed by atoms with E-state index in [9.17, 15) is 4.39 Å². The highest BCUT2D eigenvalue weighted by Gasteiger charge is 2.18. The molecule has 2 heterocycles. The first-order valence-corrected chi connectivity index (χ1v) is 7.18. The molecular weight excluding hydrogens is 281 g/mol. The lowest BCUT2D eigenvalue weighted by molar-refractivity contribution is 0.249. The molecule has 1 aliphatic heterocycles. The van der Waals surface area contributed by atoms with E-state index in [1.165, 1.54) is 12.3 Å². The van der Waals surface area contributed by atoms with Crippen LogP contribution in [-0.2, 0) is 6.54 Å². The number of anilines is 1. The Balaban J connectivity index is 1.57. The van der Waals surface area contributed by atoms with E-state index in [2.05, 4.69) is 19.8 Å². The van der Waals surface area contributed by atoms with E-state index in [-0.39, 0.29) is 5.82 Å². The normalized spacial score (nSPS) is 15.5. The quantitative estimate of drug-likeness (QED) is 0.865. The Morgan fingerprint density at radius 2 is 1.95 bits per heavy atom. The van der Waals surface area contributed by atoms with Crippen molar-refractivity contribution in [3.05, 3.63) is 53.7 Å². The molecule has 0 spiro atoms. The van der Waals surface area contributed by atoms with E-state index in [1.807, 2.05) is 12.1 Å². The van der Waals surface area contributed by atoms with Gasteiger partial charge >= 0.3 is 0 Å². The first-order valence-electron chi connectivity index (χ1n) is 7.18. The summed E-state index contributed by atoms with van der Waals surface area (Å²) < 4.78 is 13.2. The number of nitriles is 1. The van der Waals surface area contributed by atoms with Gasteiger partial charge in [-0.05, 0) is 17.7 Å². The van der Waals surface area contributed by atoms with Crippen molar-refractivity contribution in [3.8, 4) is 6.07 Å². The Morgan fingerprint density at radius 3 is 2.59 bits per heavy atom. The van der Waals surface area contributed by atoms with Crippen LogP contribution < -0.4 is 4.90 Å². The molecule has 0 atom stereocenters. The van der Waals surface area contributed by atoms with Gasteiger partial charge in [-0.1, -0.05) is 12.1 Å². The third kappa shape index (κ3) is 3.38. The highest BCUT2D eigenvalue weighted by Crippen LogP contribution is 2.14. The van der Waals surface area contributed by atoms with Crippen LogP contribution in [0, 0.1) is 17.1 Å². The molecule has 0 saturated carbocycles. The average Bonchev–Trinajstić information content (AvgIpc) is 2.56. The molecule has 1 saturated heterocycles. The summed E-state index contributed by atoms with van der Waals surface area (Å²) in [6.07, 6.45) is 3.13. The second-order valence-corrected chi connectivity index (χ2v) is 5.26. The maximum atomic E-state index is 13.2. The fourth-order valence-corrected chi connectivity index (χ4v) is 2.57. The van der Waals surface area contributed by atoms with Gasteiger partial charge in [0, 0.05) is 32.7 Å². The summed E-state index contributed by atoms with van der Waals surface area (Å²) in [4.78, 5) is 12.8. The number of halogens is 1. The van der Waals surface area contributed by atoms with Crippen LogP contribution in [-0.4, -0.2) is 41.0 Å². The van der Waals surface area contributed by atoms with Gasteiger partial charge in [0.1, 0.15) is 17.7 Å². The highest BCUT2D eigenvalue weighted by molar-refractivity contribution is 5.37. The highest BCUT2D eigenvalue weighted by atomic mass is 19.1. The zero-order valence-electron chi connectivity index (χ0n) is 12.1. The van der Waals surface area contributed by atoms with E-state index in [4.69, 9.17) is 5.26 Å². The van der Waals surface area contributed by atoms with Gasteiger partial charge in [-0.3, -0.25) is 4.90 Å². The second-order valence-electron chi connectivity index (χ2n) is 5.26. The summed E-state index contributed by atoms with van der Waals surface area (Å²) in [6.45, 7) is 4.22. The predicted octanol–water partition coefficient (Wildman–Crippen LogP) is 1.81. The second kappa shape index (κ2) is 6.50. The topological polar surface area (TPSA) is 56.1 Å². The largest absolute Gasteiger partial charge is 0.353 e. The third-order valence-corrected chi connectivity index (χ3v) is 3.74. The summed E-state index contributed by atoms with van der Waals surface area (Å²) in [5.41, 5.74) is 1.32. The van der Waals surface area contributed by atoms with Gasteiger partial charge in [0.25, 0.3) is 0 Å². The summed E-state index contributed by atoms with van der Waals surface area (Å²) >= 11 is 0. The van der Waals surface area contributed by atoms with Gasteiger partial charge in [0.05, 0.1) is 12.4 Å². The zero-order chi connectivity index (χ0) is 15.4. The molecular formula is C16H16FN5. The first kappa shape index (κ1) is 14.4. The van der Waals surface area contributed by atoms with Crippen LogP contribution in [0.25, 0.3) is 0 Å². The Labute approximate surface area is 128 Å². The Morgan fingerprint density at radius 1 is 1.14 bits per heavy atom. The molecule has 1 aromatic carbocycles. The van der Waals surface area contributed by atoms with E-state index in [0.29, 0.717) is 5.69 Å². The molecule has 3 rings (SSSR count). The van der Waals surface area contributed by atoms with Crippen molar-refractivity contribution in [2.24, 2.45) is 0 Å². The number of aromatic nitrogens is 2. The van der Waals surface area contributed by atoms with Crippen LogP contribution >= 0.6 is 0 Å². The van der Waals surface area contributed by atoms with E-state index in [1.54, 1.807) is 18.3 Å². The van der Waals surface area contributed by atoms with Gasteiger partial charge < -0.3 is 4.90 Å². The number of hydrogen-bond acceptors (Lipinski definition) is 5. The van der Waals surface area contributed by atoms with Crippen molar-refractivity contribution in [3.63, 3.8) is 0 Å². The summed E-state index contributed by atoms with van der Waals surface area (Å²) in [5, 5.41) is 8.73. The Hall–Kier alpha value is -2.52. The van der Waals surface area contributed by atoms with Gasteiger partial charge in [0.2, 0.25) is 0 Å². The predicted molar refractivity (Wildman–Crippen MR) is 80.6 cm³/mol. The Bertz CT molecular complexity index is 672. The lowest BCUT2D eigenvalue weighted by Gasteiger charge is -2.35. The zero-order valence-corrected chi connectivity index (χ0v) is 12.1. The first-order chi connectivity index (χ1) is 10.7. The number of rotatable bonds is 3. The van der Waals surface area contributed by atoms with Crippen LogP contribution in [0.15, 0.2) is 36.7 Å². The van der Waals surface area contributed by atoms with Gasteiger partial charge in [-0.15, -0.1) is 0 Å². The molecule has 0 N–H and O–H groups in total. The SMILES string of the molecule is N#Cc1cnc(N2CCN(Cc3cccc(F)c3)CC2)cn1. The van der Waals surface area contributed by atoms with Crippen LogP contribution in [0.1, 0.15) is 11.3 Å². The standard InChI is InChI=1S/C16H16FN5/c17-14-3-1-2-13(8-14)12-21-4-6-22(7-5-21)16-11-19-15(9-18)10-20-16/h1-3,8,10-11H,4-7,12H2. The summed E-state index contributed by atoms with van der Waals surface area (Å²) in [5.74, 6) is 0.605. The number of benzene rings is 1. The lowest BCUT2D eigenvalue weighted by Crippen LogP contribution is -2.46.